The first-order valence-electron chi connectivity index (χ1n) is 18.9. The summed E-state index contributed by atoms with van der Waals surface area (Å²) >= 11 is 1.92. The van der Waals surface area contributed by atoms with Gasteiger partial charge in [0.2, 0.25) is 0 Å². The van der Waals surface area contributed by atoms with E-state index in [1.54, 1.807) is 0 Å². The molecule has 0 saturated heterocycles. The zero-order valence-electron chi connectivity index (χ0n) is 29.6. The molecule has 0 aliphatic heterocycles. The van der Waals surface area contributed by atoms with Gasteiger partial charge in [-0.15, -0.1) is 11.3 Å². The summed E-state index contributed by atoms with van der Waals surface area (Å²) in [6.45, 7) is 0. The molecule has 3 heteroatoms. The van der Waals surface area contributed by atoms with Gasteiger partial charge in [-0.2, -0.15) is 0 Å². The molecule has 0 bridgehead atoms. The number of hydrogen-bond acceptors (Lipinski definition) is 1. The maximum atomic E-state index is 2.53. The molecule has 0 saturated carbocycles. The number of fused-ring (bicyclic) bond motifs is 15. The van der Waals surface area contributed by atoms with Crippen LogP contribution in [0.5, 0.6) is 0 Å². The molecule has 9 aromatic carbocycles. The molecule has 0 radical (unpaired) electrons. The molecule has 0 atom stereocenters. The van der Waals surface area contributed by atoms with Crippen molar-refractivity contribution in [2.45, 2.75) is 0 Å². The van der Waals surface area contributed by atoms with E-state index in [1.165, 1.54) is 108 Å². The Hall–Kier alpha value is -6.94. The fourth-order valence-electron chi connectivity index (χ4n) is 9.84. The van der Waals surface area contributed by atoms with Crippen molar-refractivity contribution in [3.8, 4) is 44.8 Å². The lowest BCUT2D eigenvalue weighted by Gasteiger charge is -2.14. The van der Waals surface area contributed by atoms with Crippen molar-refractivity contribution in [2.75, 3.05) is 0 Å². The van der Waals surface area contributed by atoms with Gasteiger partial charge < -0.3 is 9.13 Å². The Morgan fingerprint density at radius 2 is 0.836 bits per heavy atom. The number of nitrogens with zero attached hydrogens (tertiary/aromatic N) is 2. The molecule has 0 spiro atoms. The van der Waals surface area contributed by atoms with Gasteiger partial charge in [-0.05, 0) is 86.6 Å². The van der Waals surface area contributed by atoms with Gasteiger partial charge in [-0.1, -0.05) is 140 Å². The van der Waals surface area contributed by atoms with Gasteiger partial charge >= 0.3 is 0 Å². The van der Waals surface area contributed by atoms with E-state index in [4.69, 9.17) is 0 Å². The van der Waals surface area contributed by atoms with Crippen molar-refractivity contribution in [3.63, 3.8) is 0 Å². The zero-order chi connectivity index (χ0) is 35.8. The summed E-state index contributed by atoms with van der Waals surface area (Å²) in [5.41, 5.74) is 15.0. The summed E-state index contributed by atoms with van der Waals surface area (Å²) in [7, 11) is 0. The Balaban J connectivity index is 1.15. The second-order valence-electron chi connectivity index (χ2n) is 14.8. The van der Waals surface area contributed by atoms with Gasteiger partial charge in [0, 0.05) is 53.1 Å². The van der Waals surface area contributed by atoms with Crippen LogP contribution in [-0.2, 0) is 0 Å². The standard InChI is InChI=1S/C52H30N2S/c1-2-13-32(14-3-1)53-44-23-10-7-18-41(44)49-51(53)50-47(48-42-19-8-11-24-45(42)55-52(48)49)40-17-6-9-22-43(40)54(50)33-27-25-31(26-28-33)34-29-30-39-36-16-5-4-15-35(36)38-21-12-20-37(34)46(38)39/h1-30H. The van der Waals surface area contributed by atoms with Crippen molar-refractivity contribution in [2.24, 2.45) is 0 Å². The quantitative estimate of drug-likeness (QED) is 0.172. The predicted octanol–water partition coefficient (Wildman–Crippen LogP) is 14.7. The van der Waals surface area contributed by atoms with Gasteiger partial charge in [0.05, 0.1) is 22.1 Å². The lowest BCUT2D eigenvalue weighted by Crippen LogP contribution is -1.99. The van der Waals surface area contributed by atoms with Crippen molar-refractivity contribution < 1.29 is 0 Å². The van der Waals surface area contributed by atoms with Gasteiger partial charge in [-0.25, -0.2) is 0 Å². The molecule has 2 nitrogen and oxygen atoms in total. The normalized spacial score (nSPS) is 12.4. The first kappa shape index (κ1) is 29.5. The van der Waals surface area contributed by atoms with Crippen LogP contribution in [0.2, 0.25) is 0 Å². The van der Waals surface area contributed by atoms with Crippen LogP contribution in [0, 0.1) is 0 Å². The molecule has 1 aliphatic carbocycles. The summed E-state index contributed by atoms with van der Waals surface area (Å²) in [4.78, 5) is 0. The van der Waals surface area contributed by atoms with E-state index in [-0.39, 0.29) is 0 Å². The SMILES string of the molecule is c1ccc(-n2c3ccccc3c3c4sc5ccccc5c4c4c5ccccc5n(-c5ccc(-c6ccc7c8c(cccc68)-c6ccccc6-7)cc5)c4c32)cc1. The summed E-state index contributed by atoms with van der Waals surface area (Å²) in [5.74, 6) is 0. The maximum Gasteiger partial charge on any atom is 0.0803 e. The lowest BCUT2D eigenvalue weighted by molar-refractivity contribution is 1.15. The van der Waals surface area contributed by atoms with Crippen molar-refractivity contribution in [1.29, 1.82) is 0 Å². The van der Waals surface area contributed by atoms with E-state index < -0.39 is 0 Å². The van der Waals surface area contributed by atoms with Crippen molar-refractivity contribution in [3.05, 3.63) is 182 Å². The van der Waals surface area contributed by atoms with Crippen LogP contribution >= 0.6 is 11.3 Å². The number of hydrogen-bond donors (Lipinski definition) is 0. The molecule has 0 amide bonds. The summed E-state index contributed by atoms with van der Waals surface area (Å²) in [6, 6.07) is 67.3. The first-order valence-corrected chi connectivity index (χ1v) is 19.8. The first-order chi connectivity index (χ1) is 27.3. The number of benzene rings is 9. The highest BCUT2D eigenvalue weighted by Crippen LogP contribution is 2.52. The minimum atomic E-state index is 1.15. The number of para-hydroxylation sites is 3. The van der Waals surface area contributed by atoms with Gasteiger partial charge in [0.15, 0.2) is 0 Å². The third-order valence-electron chi connectivity index (χ3n) is 12.0. The van der Waals surface area contributed by atoms with Crippen molar-refractivity contribution in [1.82, 2.24) is 9.13 Å². The summed E-state index contributed by atoms with van der Waals surface area (Å²) < 4.78 is 7.70. The monoisotopic (exact) mass is 714 g/mol. The average molecular weight is 715 g/mol. The minimum Gasteiger partial charge on any atom is -0.307 e. The van der Waals surface area contributed by atoms with Crippen LogP contribution in [0.1, 0.15) is 0 Å². The minimum absolute atomic E-state index is 1.15. The van der Waals surface area contributed by atoms with Crippen LogP contribution < -0.4 is 0 Å². The predicted molar refractivity (Wildman–Crippen MR) is 235 cm³/mol. The molecule has 254 valence electrons. The van der Waals surface area contributed by atoms with E-state index in [0.717, 1.165) is 11.4 Å². The van der Waals surface area contributed by atoms with Crippen LogP contribution in [0.3, 0.4) is 0 Å². The molecule has 3 aromatic heterocycles. The molecule has 0 N–H and O–H groups in total. The number of aromatic nitrogens is 2. The Labute approximate surface area is 320 Å². The lowest BCUT2D eigenvalue weighted by atomic mass is 9.94. The highest BCUT2D eigenvalue weighted by molar-refractivity contribution is 7.27. The van der Waals surface area contributed by atoms with E-state index in [0.29, 0.717) is 0 Å². The smallest absolute Gasteiger partial charge is 0.0803 e. The molecule has 1 aliphatic rings. The van der Waals surface area contributed by atoms with Crippen LogP contribution in [-0.4, -0.2) is 9.13 Å². The topological polar surface area (TPSA) is 9.86 Å². The van der Waals surface area contributed by atoms with Crippen LogP contribution in [0.4, 0.5) is 0 Å². The molecular formula is C52H30N2S. The van der Waals surface area contributed by atoms with E-state index in [1.807, 2.05) is 11.3 Å². The Bertz CT molecular complexity index is 3550. The molecule has 12 aromatic rings. The Kier molecular flexibility index (Phi) is 5.80. The van der Waals surface area contributed by atoms with E-state index in [2.05, 4.69) is 191 Å². The summed E-state index contributed by atoms with van der Waals surface area (Å²) in [5, 5.41) is 10.5. The Morgan fingerprint density at radius 1 is 0.309 bits per heavy atom. The fraction of sp³-hybridized carbons (Fsp3) is 0. The molecule has 13 rings (SSSR count). The molecule has 3 heterocycles. The molecule has 55 heavy (non-hydrogen) atoms. The number of thiophene rings is 1. The third-order valence-corrected chi connectivity index (χ3v) is 13.2. The van der Waals surface area contributed by atoms with Crippen LogP contribution in [0.15, 0.2) is 182 Å². The zero-order valence-corrected chi connectivity index (χ0v) is 30.4. The second-order valence-corrected chi connectivity index (χ2v) is 15.8. The molecule has 0 fully saturated rings. The second kappa shape index (κ2) is 10.8. The molecule has 0 unspecified atom stereocenters. The van der Waals surface area contributed by atoms with Gasteiger partial charge in [0.25, 0.3) is 0 Å². The maximum absolute atomic E-state index is 2.53. The van der Waals surface area contributed by atoms with E-state index >= 15 is 0 Å². The average Bonchev–Trinajstić information content (AvgIpc) is 3.99. The number of rotatable bonds is 3. The van der Waals surface area contributed by atoms with Gasteiger partial charge in [0.1, 0.15) is 0 Å². The van der Waals surface area contributed by atoms with Gasteiger partial charge in [-0.3, -0.25) is 0 Å². The van der Waals surface area contributed by atoms with Crippen molar-refractivity contribution >= 4 is 85.9 Å². The van der Waals surface area contributed by atoms with E-state index in [9.17, 15) is 0 Å². The third kappa shape index (κ3) is 3.82. The highest BCUT2D eigenvalue weighted by Gasteiger charge is 2.27. The fourth-order valence-corrected chi connectivity index (χ4v) is 11.1. The Morgan fingerprint density at radius 3 is 1.58 bits per heavy atom. The summed E-state index contributed by atoms with van der Waals surface area (Å²) in [6.07, 6.45) is 0. The highest BCUT2D eigenvalue weighted by atomic mass is 32.1. The molecular weight excluding hydrogens is 685 g/mol. The van der Waals surface area contributed by atoms with Crippen LogP contribution in [0.25, 0.3) is 119 Å². The largest absolute Gasteiger partial charge is 0.307 e.